The third kappa shape index (κ3) is 3.13. The monoisotopic (exact) mass is 261 g/mol. The smallest absolute Gasteiger partial charge is 0.305 e. The molecule has 0 fully saturated rings. The van der Waals surface area contributed by atoms with E-state index in [-0.39, 0.29) is 18.9 Å². The van der Waals surface area contributed by atoms with E-state index in [0.717, 1.165) is 16.9 Å². The molecule has 0 spiro atoms. The Morgan fingerprint density at radius 3 is 2.63 bits per heavy atom. The Labute approximate surface area is 111 Å². The second-order valence-corrected chi connectivity index (χ2v) is 4.30. The lowest BCUT2D eigenvalue weighted by Gasteiger charge is -2.15. The molecule has 0 aliphatic carbocycles. The van der Waals surface area contributed by atoms with E-state index in [2.05, 4.69) is 0 Å². The average Bonchev–Trinajstić information content (AvgIpc) is 2.78. The van der Waals surface area contributed by atoms with Gasteiger partial charge in [-0.2, -0.15) is 0 Å². The van der Waals surface area contributed by atoms with Crippen LogP contribution in [0.2, 0.25) is 0 Å². The molecule has 1 heterocycles. The SMILES string of the molecule is COc1ccc(C2=CC(=O)N(CCC(=O)O)C2)cc1. The summed E-state index contributed by atoms with van der Waals surface area (Å²) in [5, 5.41) is 8.63. The maximum absolute atomic E-state index is 11.7. The number of carboxylic acids is 1. The summed E-state index contributed by atoms with van der Waals surface area (Å²) in [4.78, 5) is 23.8. The minimum atomic E-state index is -0.898. The highest BCUT2D eigenvalue weighted by Crippen LogP contribution is 2.23. The van der Waals surface area contributed by atoms with Gasteiger partial charge in [0.05, 0.1) is 13.5 Å². The molecule has 1 aliphatic heterocycles. The molecule has 1 amide bonds. The molecule has 1 aromatic rings. The number of methoxy groups -OCH3 is 1. The summed E-state index contributed by atoms with van der Waals surface area (Å²) in [6, 6.07) is 7.44. The fraction of sp³-hybridized carbons (Fsp3) is 0.286. The lowest BCUT2D eigenvalue weighted by molar-refractivity contribution is -0.137. The zero-order chi connectivity index (χ0) is 13.8. The Hall–Kier alpha value is -2.30. The quantitative estimate of drug-likeness (QED) is 0.870. The summed E-state index contributed by atoms with van der Waals surface area (Å²) >= 11 is 0. The van der Waals surface area contributed by atoms with E-state index in [1.165, 1.54) is 4.90 Å². The molecule has 5 heteroatoms. The molecule has 0 unspecified atom stereocenters. The van der Waals surface area contributed by atoms with Crippen molar-refractivity contribution in [3.05, 3.63) is 35.9 Å². The summed E-state index contributed by atoms with van der Waals surface area (Å²) in [5.74, 6) is -0.269. The van der Waals surface area contributed by atoms with Crippen molar-refractivity contribution in [2.45, 2.75) is 6.42 Å². The second-order valence-electron chi connectivity index (χ2n) is 4.30. The minimum Gasteiger partial charge on any atom is -0.497 e. The van der Waals surface area contributed by atoms with Crippen molar-refractivity contribution in [1.82, 2.24) is 4.90 Å². The third-order valence-corrected chi connectivity index (χ3v) is 3.03. The Balaban J connectivity index is 2.04. The van der Waals surface area contributed by atoms with E-state index in [4.69, 9.17) is 9.84 Å². The first-order valence-corrected chi connectivity index (χ1v) is 5.96. The van der Waals surface area contributed by atoms with E-state index in [1.54, 1.807) is 13.2 Å². The molecule has 2 rings (SSSR count). The van der Waals surface area contributed by atoms with E-state index in [9.17, 15) is 9.59 Å². The van der Waals surface area contributed by atoms with Gasteiger partial charge < -0.3 is 14.7 Å². The Morgan fingerprint density at radius 1 is 1.37 bits per heavy atom. The molecule has 0 aromatic heterocycles. The fourth-order valence-corrected chi connectivity index (χ4v) is 1.97. The van der Waals surface area contributed by atoms with Crippen LogP contribution in [0, 0.1) is 0 Å². The maximum Gasteiger partial charge on any atom is 0.305 e. The van der Waals surface area contributed by atoms with Crippen LogP contribution in [0.4, 0.5) is 0 Å². The number of hydrogen-bond acceptors (Lipinski definition) is 3. The second kappa shape index (κ2) is 5.56. The van der Waals surface area contributed by atoms with Crippen molar-refractivity contribution >= 4 is 17.4 Å². The lowest BCUT2D eigenvalue weighted by Crippen LogP contribution is -2.28. The number of carbonyl (C=O) groups excluding carboxylic acids is 1. The number of aliphatic carboxylic acids is 1. The summed E-state index contributed by atoms with van der Waals surface area (Å²) in [6.45, 7) is 0.697. The molecule has 19 heavy (non-hydrogen) atoms. The number of carboxylic acid groups (broad SMARTS) is 1. The molecule has 0 saturated heterocycles. The molecule has 0 atom stereocenters. The van der Waals surface area contributed by atoms with Gasteiger partial charge >= 0.3 is 5.97 Å². The van der Waals surface area contributed by atoms with Crippen LogP contribution >= 0.6 is 0 Å². The third-order valence-electron chi connectivity index (χ3n) is 3.03. The highest BCUT2D eigenvalue weighted by Gasteiger charge is 2.22. The topological polar surface area (TPSA) is 66.8 Å². The zero-order valence-corrected chi connectivity index (χ0v) is 10.6. The van der Waals surface area contributed by atoms with Crippen LogP contribution in [0.5, 0.6) is 5.75 Å². The van der Waals surface area contributed by atoms with Gasteiger partial charge in [-0.3, -0.25) is 9.59 Å². The molecule has 1 aliphatic rings. The van der Waals surface area contributed by atoms with Gasteiger partial charge in [0.2, 0.25) is 5.91 Å². The van der Waals surface area contributed by atoms with Crippen molar-refractivity contribution in [3.63, 3.8) is 0 Å². The molecule has 1 N–H and O–H groups in total. The predicted molar refractivity (Wildman–Crippen MR) is 69.8 cm³/mol. The van der Waals surface area contributed by atoms with Crippen LogP contribution in [0.15, 0.2) is 30.3 Å². The lowest BCUT2D eigenvalue weighted by atomic mass is 10.1. The van der Waals surface area contributed by atoms with Crippen molar-refractivity contribution < 1.29 is 19.4 Å². The van der Waals surface area contributed by atoms with Crippen molar-refractivity contribution in [2.75, 3.05) is 20.2 Å². The van der Waals surface area contributed by atoms with Gasteiger partial charge in [-0.05, 0) is 23.3 Å². The molecule has 0 bridgehead atoms. The highest BCUT2D eigenvalue weighted by molar-refractivity contribution is 6.00. The number of carbonyl (C=O) groups is 2. The van der Waals surface area contributed by atoms with Gasteiger partial charge in [0.1, 0.15) is 5.75 Å². The van der Waals surface area contributed by atoms with E-state index < -0.39 is 5.97 Å². The van der Waals surface area contributed by atoms with E-state index in [1.807, 2.05) is 24.3 Å². The number of benzene rings is 1. The van der Waals surface area contributed by atoms with E-state index in [0.29, 0.717) is 6.54 Å². The van der Waals surface area contributed by atoms with Crippen molar-refractivity contribution in [3.8, 4) is 5.75 Å². The first-order valence-electron chi connectivity index (χ1n) is 5.96. The first-order chi connectivity index (χ1) is 9.10. The van der Waals surface area contributed by atoms with Crippen LogP contribution < -0.4 is 4.74 Å². The molecular weight excluding hydrogens is 246 g/mol. The zero-order valence-electron chi connectivity index (χ0n) is 10.6. The fourth-order valence-electron chi connectivity index (χ4n) is 1.97. The normalized spacial score (nSPS) is 14.5. The van der Waals surface area contributed by atoms with Crippen LogP contribution in [0.1, 0.15) is 12.0 Å². The van der Waals surface area contributed by atoms with Crippen LogP contribution in [0.25, 0.3) is 5.57 Å². The Morgan fingerprint density at radius 2 is 2.05 bits per heavy atom. The summed E-state index contributed by atoms with van der Waals surface area (Å²) in [6.07, 6.45) is 1.53. The summed E-state index contributed by atoms with van der Waals surface area (Å²) < 4.78 is 5.08. The average molecular weight is 261 g/mol. The highest BCUT2D eigenvalue weighted by atomic mass is 16.5. The van der Waals surface area contributed by atoms with Gasteiger partial charge in [0, 0.05) is 19.2 Å². The van der Waals surface area contributed by atoms with Crippen molar-refractivity contribution in [1.29, 1.82) is 0 Å². The minimum absolute atomic E-state index is 0.0323. The molecular formula is C14H15NO4. The molecule has 100 valence electrons. The Bertz CT molecular complexity index is 519. The number of amides is 1. The van der Waals surface area contributed by atoms with Gasteiger partial charge in [0.25, 0.3) is 0 Å². The summed E-state index contributed by atoms with van der Waals surface area (Å²) in [5.41, 5.74) is 1.85. The number of rotatable bonds is 5. The number of hydrogen-bond donors (Lipinski definition) is 1. The van der Waals surface area contributed by atoms with Gasteiger partial charge in [-0.25, -0.2) is 0 Å². The first kappa shape index (κ1) is 13.1. The van der Waals surface area contributed by atoms with Crippen LogP contribution in [-0.4, -0.2) is 42.1 Å². The van der Waals surface area contributed by atoms with Gasteiger partial charge in [-0.15, -0.1) is 0 Å². The molecule has 0 saturated carbocycles. The van der Waals surface area contributed by atoms with Gasteiger partial charge in [0.15, 0.2) is 0 Å². The standard InChI is InChI=1S/C14H15NO4/c1-19-12-4-2-10(3-5-12)11-8-13(16)15(9-11)7-6-14(17)18/h2-5,8H,6-7,9H2,1H3,(H,17,18). The van der Waals surface area contributed by atoms with Crippen LogP contribution in [0.3, 0.4) is 0 Å². The number of nitrogens with zero attached hydrogens (tertiary/aromatic N) is 1. The summed E-state index contributed by atoms with van der Waals surface area (Å²) in [7, 11) is 1.60. The molecule has 1 aromatic carbocycles. The molecule has 5 nitrogen and oxygen atoms in total. The van der Waals surface area contributed by atoms with Crippen LogP contribution in [-0.2, 0) is 9.59 Å². The molecule has 0 radical (unpaired) electrons. The largest absolute Gasteiger partial charge is 0.497 e. The maximum atomic E-state index is 11.7. The predicted octanol–water partition coefficient (Wildman–Crippen LogP) is 1.40. The van der Waals surface area contributed by atoms with Crippen molar-refractivity contribution in [2.24, 2.45) is 0 Å². The number of ether oxygens (including phenoxy) is 1. The Kier molecular flexibility index (Phi) is 3.85. The van der Waals surface area contributed by atoms with Gasteiger partial charge in [-0.1, -0.05) is 12.1 Å². The van der Waals surface area contributed by atoms with E-state index >= 15 is 0 Å².